The first-order valence-electron chi connectivity index (χ1n) is 1.03. The average Bonchev–Trinajstić information content (AvgIpc) is 1.38. The molecule has 2 amide bonds. The van der Waals surface area contributed by atoms with Crippen LogP contribution in [0.15, 0.2) is 0 Å². The summed E-state index contributed by atoms with van der Waals surface area (Å²) in [6.07, 6.45) is 0. The molecule has 0 saturated heterocycles. The summed E-state index contributed by atoms with van der Waals surface area (Å²) in [6, 6.07) is -0.718. The predicted molar refractivity (Wildman–Crippen MR) is 25.5 cm³/mol. The topological polar surface area (TPSA) is 81.1 Å². The third-order valence-corrected chi connectivity index (χ3v) is 0.142. The van der Waals surface area contributed by atoms with Crippen LogP contribution in [0.1, 0.15) is 0 Å². The molecule has 0 rings (SSSR count). The monoisotopic (exact) mass is 117 g/mol. The second-order valence-corrected chi connectivity index (χ2v) is 0.509. The number of urea groups is 1. The van der Waals surface area contributed by atoms with Gasteiger partial charge in [-0.05, 0) is 0 Å². The molecule has 0 atom stereocenters. The van der Waals surface area contributed by atoms with Crippen LogP contribution in [0.5, 0.6) is 0 Å². The van der Waals surface area contributed by atoms with Gasteiger partial charge in [-0.15, -0.1) is 0 Å². The minimum atomic E-state index is -0.718. The Morgan fingerprint density at radius 3 is 1.83 bits per heavy atom. The Kier molecular flexibility index (Phi) is 8.88. The molecule has 5 N–H and O–H groups in total. The molecule has 5 heteroatoms. The zero-order chi connectivity index (χ0) is 4.28. The molecule has 0 saturated carbocycles. The van der Waals surface area contributed by atoms with Crippen molar-refractivity contribution in [2.75, 3.05) is 0 Å². The van der Waals surface area contributed by atoms with Gasteiger partial charge in [0.1, 0.15) is 0 Å². The van der Waals surface area contributed by atoms with Crippen LogP contribution in [0.2, 0.25) is 0 Å². The van der Waals surface area contributed by atoms with Gasteiger partial charge in [-0.1, -0.05) is 0 Å². The van der Waals surface area contributed by atoms with Crippen molar-refractivity contribution in [1.82, 2.24) is 5.43 Å². The Morgan fingerprint density at radius 1 is 1.67 bits per heavy atom. The van der Waals surface area contributed by atoms with Crippen molar-refractivity contribution in [3.8, 4) is 0 Å². The summed E-state index contributed by atoms with van der Waals surface area (Å²) in [5.74, 6) is 4.45. The van der Waals surface area contributed by atoms with E-state index in [0.29, 0.717) is 0 Å². The first-order valence-corrected chi connectivity index (χ1v) is 1.03. The molecular formula is CH7CaN3O. The molecule has 0 aliphatic carbocycles. The van der Waals surface area contributed by atoms with Crippen molar-refractivity contribution >= 4 is 43.8 Å². The number of carbonyl (C=O) groups is 1. The molecule has 0 aromatic rings. The molecule has 0 radical (unpaired) electrons. The van der Waals surface area contributed by atoms with Gasteiger partial charge >= 0.3 is 43.8 Å². The number of rotatable bonds is 0. The second-order valence-electron chi connectivity index (χ2n) is 0.509. The maximum absolute atomic E-state index is 9.35. The van der Waals surface area contributed by atoms with E-state index in [1.165, 1.54) is 0 Å². The molecule has 0 aliphatic rings. The molecule has 0 aliphatic heterocycles. The summed E-state index contributed by atoms with van der Waals surface area (Å²) in [5.41, 5.74) is 6.08. The number of hydrogen-bond donors (Lipinski definition) is 3. The van der Waals surface area contributed by atoms with Crippen molar-refractivity contribution in [2.24, 2.45) is 11.6 Å². The Morgan fingerprint density at radius 2 is 1.83 bits per heavy atom. The van der Waals surface area contributed by atoms with Gasteiger partial charge in [-0.3, -0.25) is 5.43 Å². The standard InChI is InChI=1S/CH5N3O.Ca.2H/c2-1(5)4-3;;;/h3H2,(H3,2,4,5);;;. The van der Waals surface area contributed by atoms with E-state index in [0.717, 1.165) is 0 Å². The molecule has 34 valence electrons. The Hall–Kier alpha value is 0.490. The Bertz CT molecular complexity index is 46.1. The number of amides is 2. The Labute approximate surface area is 65.2 Å². The number of carbonyl (C=O) groups excluding carboxylic acids is 1. The van der Waals surface area contributed by atoms with Crippen molar-refractivity contribution in [3.63, 3.8) is 0 Å². The van der Waals surface area contributed by atoms with E-state index in [1.807, 2.05) is 0 Å². The average molecular weight is 117 g/mol. The summed E-state index contributed by atoms with van der Waals surface area (Å²) >= 11 is 0. The van der Waals surface area contributed by atoms with Gasteiger partial charge in [0.25, 0.3) is 0 Å². The zero-order valence-electron chi connectivity index (χ0n) is 2.56. The van der Waals surface area contributed by atoms with E-state index >= 15 is 0 Å². The van der Waals surface area contributed by atoms with Crippen LogP contribution >= 0.6 is 0 Å². The third kappa shape index (κ3) is 8.82. The molecular weight excluding hydrogens is 110 g/mol. The first-order chi connectivity index (χ1) is 2.27. The van der Waals surface area contributed by atoms with Crippen LogP contribution in [0.4, 0.5) is 4.79 Å². The van der Waals surface area contributed by atoms with Crippen molar-refractivity contribution < 1.29 is 4.79 Å². The normalized spacial score (nSPS) is 5.50. The molecule has 6 heavy (non-hydrogen) atoms. The van der Waals surface area contributed by atoms with E-state index < -0.39 is 6.03 Å². The van der Waals surface area contributed by atoms with Crippen LogP contribution in [-0.4, -0.2) is 43.8 Å². The van der Waals surface area contributed by atoms with Gasteiger partial charge in [0.2, 0.25) is 0 Å². The molecule has 0 fully saturated rings. The van der Waals surface area contributed by atoms with E-state index in [4.69, 9.17) is 0 Å². The number of hydrazine groups is 1. The predicted octanol–water partition coefficient (Wildman–Crippen LogP) is -2.39. The maximum atomic E-state index is 9.35. The fourth-order valence-corrected chi connectivity index (χ4v) is 0. The van der Waals surface area contributed by atoms with Gasteiger partial charge < -0.3 is 5.73 Å². The number of nitrogens with two attached hydrogens (primary N) is 2. The van der Waals surface area contributed by atoms with E-state index in [1.54, 1.807) is 5.43 Å². The summed E-state index contributed by atoms with van der Waals surface area (Å²) in [5, 5.41) is 0. The first kappa shape index (κ1) is 9.70. The number of primary amides is 1. The number of hydrogen-bond acceptors (Lipinski definition) is 2. The number of nitrogens with one attached hydrogen (secondary N) is 1. The molecule has 4 nitrogen and oxygen atoms in total. The van der Waals surface area contributed by atoms with Crippen LogP contribution in [0, 0.1) is 0 Å². The Balaban J connectivity index is 0. The summed E-state index contributed by atoms with van der Waals surface area (Å²) in [7, 11) is 0. The van der Waals surface area contributed by atoms with Crippen molar-refractivity contribution in [1.29, 1.82) is 0 Å². The van der Waals surface area contributed by atoms with Crippen molar-refractivity contribution in [3.05, 3.63) is 0 Å². The van der Waals surface area contributed by atoms with E-state index in [-0.39, 0.29) is 37.7 Å². The van der Waals surface area contributed by atoms with Crippen LogP contribution in [0.3, 0.4) is 0 Å². The van der Waals surface area contributed by atoms with Gasteiger partial charge in [0, 0.05) is 0 Å². The SMILES string of the molecule is NNC(N)=O.[CaH2]. The van der Waals surface area contributed by atoms with Crippen LogP contribution < -0.4 is 17.0 Å². The molecule has 0 heterocycles. The molecule has 0 spiro atoms. The van der Waals surface area contributed by atoms with Crippen molar-refractivity contribution in [2.45, 2.75) is 0 Å². The van der Waals surface area contributed by atoms with Crippen LogP contribution in [-0.2, 0) is 0 Å². The minimum absolute atomic E-state index is 0. The molecule has 0 bridgehead atoms. The quantitative estimate of drug-likeness (QED) is 0.143. The fraction of sp³-hybridized carbons (Fsp3) is 0. The van der Waals surface area contributed by atoms with Gasteiger partial charge in [0.15, 0.2) is 0 Å². The van der Waals surface area contributed by atoms with E-state index in [9.17, 15) is 4.79 Å². The van der Waals surface area contributed by atoms with Crippen LogP contribution in [0.25, 0.3) is 0 Å². The molecule has 0 unspecified atom stereocenters. The molecule has 0 aromatic carbocycles. The second kappa shape index (κ2) is 5.49. The fourth-order valence-electron chi connectivity index (χ4n) is 0. The molecule has 0 aromatic heterocycles. The van der Waals surface area contributed by atoms with E-state index in [2.05, 4.69) is 11.6 Å². The third-order valence-electron chi connectivity index (χ3n) is 0.142. The summed E-state index contributed by atoms with van der Waals surface area (Å²) < 4.78 is 0. The van der Waals surface area contributed by atoms with Gasteiger partial charge in [-0.25, -0.2) is 10.6 Å². The van der Waals surface area contributed by atoms with Gasteiger partial charge in [-0.2, -0.15) is 0 Å². The zero-order valence-corrected chi connectivity index (χ0v) is 2.56. The summed E-state index contributed by atoms with van der Waals surface area (Å²) in [4.78, 5) is 9.35. The van der Waals surface area contributed by atoms with Gasteiger partial charge in [0.05, 0.1) is 0 Å². The summed E-state index contributed by atoms with van der Waals surface area (Å²) in [6.45, 7) is 0.